The van der Waals surface area contributed by atoms with E-state index in [0.29, 0.717) is 10.3 Å². The summed E-state index contributed by atoms with van der Waals surface area (Å²) >= 11 is 7.86. The van der Waals surface area contributed by atoms with E-state index < -0.39 is 5.82 Å². The number of hydrogen-bond donors (Lipinski definition) is 2. The number of halogens is 2. The molecule has 0 aliphatic heterocycles. The monoisotopic (exact) mass is 274 g/mol. The maximum atomic E-state index is 13.3. The van der Waals surface area contributed by atoms with Crippen molar-refractivity contribution in [1.29, 1.82) is 0 Å². The Kier molecular flexibility index (Phi) is 2.42. The summed E-state index contributed by atoms with van der Waals surface area (Å²) in [4.78, 5) is 7.74. The number of hydrogen-bond acceptors (Lipinski definition) is 3. The van der Waals surface area contributed by atoms with Crippen molar-refractivity contribution in [2.75, 3.05) is 0 Å². The van der Waals surface area contributed by atoms with E-state index in [1.165, 1.54) is 12.3 Å². The zero-order valence-electron chi connectivity index (χ0n) is 6.71. The molecule has 2 heterocycles. The first kappa shape index (κ1) is 9.47. The molecule has 2 aromatic rings. The van der Waals surface area contributed by atoms with Crippen molar-refractivity contribution in [3.05, 3.63) is 27.3 Å². The second-order valence-electron chi connectivity index (χ2n) is 2.50. The minimum Gasteiger partial charge on any atom is -0.280 e. The maximum Gasteiger partial charge on any atom is 0.213 e. The molecule has 0 radical (unpaired) electrons. The molecule has 0 aromatic carbocycles. The molecule has 0 saturated heterocycles. The van der Waals surface area contributed by atoms with Crippen LogP contribution in [0.25, 0.3) is 11.5 Å². The third-order valence-corrected chi connectivity index (χ3v) is 2.16. The SMILES string of the molecule is Fc1cc(Br)cnc1-c1nc(=S)[nH][nH]1. The topological polar surface area (TPSA) is 57.4 Å². The Hall–Kier alpha value is -1.08. The normalized spacial score (nSPS) is 10.4. The van der Waals surface area contributed by atoms with Gasteiger partial charge in [0.05, 0.1) is 0 Å². The van der Waals surface area contributed by atoms with Crippen LogP contribution in [-0.4, -0.2) is 20.2 Å². The molecule has 0 spiro atoms. The van der Waals surface area contributed by atoms with E-state index >= 15 is 0 Å². The number of nitrogens with one attached hydrogen (secondary N) is 2. The van der Waals surface area contributed by atoms with Crippen molar-refractivity contribution in [2.24, 2.45) is 0 Å². The van der Waals surface area contributed by atoms with Crippen molar-refractivity contribution in [3.8, 4) is 11.5 Å². The van der Waals surface area contributed by atoms with Crippen molar-refractivity contribution >= 4 is 28.1 Å². The fraction of sp³-hybridized carbons (Fsp3) is 0. The van der Waals surface area contributed by atoms with Crippen molar-refractivity contribution in [3.63, 3.8) is 0 Å². The summed E-state index contributed by atoms with van der Waals surface area (Å²) in [5.74, 6) is -0.169. The summed E-state index contributed by atoms with van der Waals surface area (Å²) in [5, 5.41) is 5.19. The van der Waals surface area contributed by atoms with Gasteiger partial charge in [-0.3, -0.25) is 10.2 Å². The lowest BCUT2D eigenvalue weighted by Crippen LogP contribution is -1.90. The Labute approximate surface area is 91.7 Å². The first-order chi connectivity index (χ1) is 6.66. The highest BCUT2D eigenvalue weighted by molar-refractivity contribution is 9.10. The molecule has 0 amide bonds. The second kappa shape index (κ2) is 3.58. The Bertz CT molecular complexity index is 520. The third-order valence-electron chi connectivity index (χ3n) is 1.53. The lowest BCUT2D eigenvalue weighted by atomic mass is 10.3. The highest BCUT2D eigenvalue weighted by Crippen LogP contribution is 2.18. The van der Waals surface area contributed by atoms with Crippen LogP contribution in [0.5, 0.6) is 0 Å². The molecule has 7 heteroatoms. The van der Waals surface area contributed by atoms with E-state index in [2.05, 4.69) is 36.1 Å². The van der Waals surface area contributed by atoms with Gasteiger partial charge in [0, 0.05) is 10.7 Å². The molecule has 0 saturated carbocycles. The van der Waals surface area contributed by atoms with Crippen LogP contribution in [0, 0.1) is 10.6 Å². The van der Waals surface area contributed by atoms with Gasteiger partial charge in [-0.2, -0.15) is 4.98 Å². The Morgan fingerprint density at radius 2 is 2.21 bits per heavy atom. The second-order valence-corrected chi connectivity index (χ2v) is 3.80. The minimum absolute atomic E-state index is 0.139. The van der Waals surface area contributed by atoms with Crippen LogP contribution < -0.4 is 0 Å². The summed E-state index contributed by atoms with van der Waals surface area (Å²) in [7, 11) is 0. The number of pyridine rings is 1. The molecule has 4 nitrogen and oxygen atoms in total. The number of H-pyrrole nitrogens is 2. The molecule has 14 heavy (non-hydrogen) atoms. The van der Waals surface area contributed by atoms with E-state index in [-0.39, 0.29) is 10.5 Å². The summed E-state index contributed by atoms with van der Waals surface area (Å²) in [5.41, 5.74) is 0.139. The average molecular weight is 275 g/mol. The van der Waals surface area contributed by atoms with Gasteiger partial charge in [0.15, 0.2) is 11.6 Å². The van der Waals surface area contributed by atoms with Gasteiger partial charge >= 0.3 is 0 Å². The first-order valence-electron chi connectivity index (χ1n) is 3.63. The summed E-state index contributed by atoms with van der Waals surface area (Å²) in [6.45, 7) is 0. The van der Waals surface area contributed by atoms with E-state index in [4.69, 9.17) is 12.2 Å². The van der Waals surface area contributed by atoms with Gasteiger partial charge < -0.3 is 0 Å². The van der Waals surface area contributed by atoms with Crippen LogP contribution in [0.15, 0.2) is 16.7 Å². The molecular weight excluding hydrogens is 271 g/mol. The smallest absolute Gasteiger partial charge is 0.213 e. The van der Waals surface area contributed by atoms with Gasteiger partial charge in [-0.25, -0.2) is 9.37 Å². The van der Waals surface area contributed by atoms with E-state index in [1.807, 2.05) is 0 Å². The van der Waals surface area contributed by atoms with Gasteiger partial charge in [-0.15, -0.1) is 0 Å². The fourth-order valence-electron chi connectivity index (χ4n) is 0.971. The predicted octanol–water partition coefficient (Wildman–Crippen LogP) is 2.43. The summed E-state index contributed by atoms with van der Waals surface area (Å²) in [6.07, 6.45) is 1.49. The van der Waals surface area contributed by atoms with Crippen LogP contribution in [0.4, 0.5) is 4.39 Å². The van der Waals surface area contributed by atoms with Crippen LogP contribution in [0.3, 0.4) is 0 Å². The lowest BCUT2D eigenvalue weighted by molar-refractivity contribution is 0.623. The van der Waals surface area contributed by atoms with E-state index in [1.54, 1.807) is 0 Å². The van der Waals surface area contributed by atoms with Gasteiger partial charge in [-0.05, 0) is 34.2 Å². The molecular formula is C7H4BrFN4S. The standard InChI is InChI=1S/C7H4BrFN4S/c8-3-1-4(9)5(10-2-3)6-11-7(14)13-12-6/h1-2H,(H2,11,12,13,14). The zero-order valence-corrected chi connectivity index (χ0v) is 9.12. The highest BCUT2D eigenvalue weighted by Gasteiger charge is 2.09. The van der Waals surface area contributed by atoms with Crippen LogP contribution >= 0.6 is 28.1 Å². The van der Waals surface area contributed by atoms with Gasteiger partial charge in [-0.1, -0.05) is 0 Å². The van der Waals surface area contributed by atoms with Crippen LogP contribution in [0.2, 0.25) is 0 Å². The molecule has 2 rings (SSSR count). The summed E-state index contributed by atoms with van der Waals surface area (Å²) in [6, 6.07) is 1.31. The largest absolute Gasteiger partial charge is 0.280 e. The van der Waals surface area contributed by atoms with Crippen molar-refractivity contribution in [1.82, 2.24) is 20.2 Å². The van der Waals surface area contributed by atoms with Gasteiger partial charge in [0.25, 0.3) is 0 Å². The maximum absolute atomic E-state index is 13.3. The van der Waals surface area contributed by atoms with Crippen LogP contribution in [-0.2, 0) is 0 Å². The third kappa shape index (κ3) is 1.73. The zero-order chi connectivity index (χ0) is 10.1. The molecule has 0 fully saturated rings. The van der Waals surface area contributed by atoms with Gasteiger partial charge in [0.2, 0.25) is 4.77 Å². The molecule has 2 N–H and O–H groups in total. The lowest BCUT2D eigenvalue weighted by Gasteiger charge is -1.97. The Morgan fingerprint density at radius 3 is 2.79 bits per heavy atom. The van der Waals surface area contributed by atoms with E-state index in [0.717, 1.165) is 0 Å². The molecule has 2 aromatic heterocycles. The molecule has 0 atom stereocenters. The molecule has 0 unspecified atom stereocenters. The number of nitrogens with zero attached hydrogens (tertiary/aromatic N) is 2. The van der Waals surface area contributed by atoms with Crippen LogP contribution in [0.1, 0.15) is 0 Å². The Balaban J connectivity index is 2.57. The fourth-order valence-corrected chi connectivity index (χ4v) is 1.42. The number of aromatic nitrogens is 4. The summed E-state index contributed by atoms with van der Waals surface area (Å²) < 4.78 is 14.2. The Morgan fingerprint density at radius 1 is 1.43 bits per heavy atom. The van der Waals surface area contributed by atoms with E-state index in [9.17, 15) is 4.39 Å². The number of rotatable bonds is 1. The molecule has 0 aliphatic carbocycles. The minimum atomic E-state index is -0.461. The highest BCUT2D eigenvalue weighted by atomic mass is 79.9. The number of aromatic amines is 2. The molecule has 72 valence electrons. The molecule has 0 bridgehead atoms. The molecule has 0 aliphatic rings. The average Bonchev–Trinajstić information content (AvgIpc) is 2.51. The quantitative estimate of drug-likeness (QED) is 0.786. The van der Waals surface area contributed by atoms with Crippen molar-refractivity contribution < 1.29 is 4.39 Å². The van der Waals surface area contributed by atoms with Gasteiger partial charge in [0.1, 0.15) is 5.69 Å². The first-order valence-corrected chi connectivity index (χ1v) is 4.83. The van der Waals surface area contributed by atoms with Crippen molar-refractivity contribution in [2.45, 2.75) is 0 Å². The predicted molar refractivity (Wildman–Crippen MR) is 54.7 cm³/mol.